The van der Waals surface area contributed by atoms with Crippen LogP contribution in [0.2, 0.25) is 0 Å². The summed E-state index contributed by atoms with van der Waals surface area (Å²) in [5.74, 6) is 0. The van der Waals surface area contributed by atoms with E-state index >= 15 is 0 Å². The second-order valence-corrected chi connectivity index (χ2v) is 3.26. The molecule has 1 heterocycles. The first kappa shape index (κ1) is 10.2. The van der Waals surface area contributed by atoms with Crippen LogP contribution < -0.4 is 5.32 Å². The zero-order valence-corrected chi connectivity index (χ0v) is 8.07. The van der Waals surface area contributed by atoms with E-state index in [1.54, 1.807) is 19.3 Å². The number of hydrogen-bond donors (Lipinski definition) is 2. The van der Waals surface area contributed by atoms with Crippen LogP contribution in [-0.2, 0) is 0 Å². The Morgan fingerprint density at radius 1 is 1.38 bits per heavy atom. The molecule has 72 valence electrons. The third-order valence-corrected chi connectivity index (χ3v) is 1.93. The Hall–Kier alpha value is -0.930. The third-order valence-electron chi connectivity index (χ3n) is 1.93. The highest BCUT2D eigenvalue weighted by Crippen LogP contribution is 2.09. The highest BCUT2D eigenvalue weighted by molar-refractivity contribution is 5.13. The molecule has 1 rings (SSSR count). The summed E-state index contributed by atoms with van der Waals surface area (Å²) in [6, 6.07) is 4.21. The van der Waals surface area contributed by atoms with Gasteiger partial charge in [0.1, 0.15) is 0 Å². The number of aliphatic hydroxyl groups is 1. The fraction of sp³-hybridized carbons (Fsp3) is 0.500. The van der Waals surface area contributed by atoms with Crippen LogP contribution in [-0.4, -0.2) is 22.7 Å². The Labute approximate surface area is 78.8 Å². The molecule has 1 unspecified atom stereocenters. The van der Waals surface area contributed by atoms with E-state index in [1.165, 1.54) is 5.56 Å². The van der Waals surface area contributed by atoms with Gasteiger partial charge in [-0.15, -0.1) is 0 Å². The standard InChI is InChI=1S/C10H16N2O/c1-8(13)7-12-9(2)10-3-5-11-6-4-10/h3-6,8-9,12-13H,7H2,1-2H3/t8?,9-/m1/s1. The topological polar surface area (TPSA) is 45.1 Å². The second kappa shape index (κ2) is 4.94. The normalized spacial score (nSPS) is 15.3. The Balaban J connectivity index is 2.44. The summed E-state index contributed by atoms with van der Waals surface area (Å²) < 4.78 is 0. The van der Waals surface area contributed by atoms with Gasteiger partial charge in [0, 0.05) is 25.0 Å². The maximum absolute atomic E-state index is 9.07. The summed E-state index contributed by atoms with van der Waals surface area (Å²) in [7, 11) is 0. The van der Waals surface area contributed by atoms with Gasteiger partial charge in [0.05, 0.1) is 6.10 Å². The van der Waals surface area contributed by atoms with Gasteiger partial charge in [0.2, 0.25) is 0 Å². The molecule has 0 aliphatic heterocycles. The first-order chi connectivity index (χ1) is 6.20. The number of nitrogens with zero attached hydrogens (tertiary/aromatic N) is 1. The maximum atomic E-state index is 9.07. The molecular weight excluding hydrogens is 164 g/mol. The van der Waals surface area contributed by atoms with Gasteiger partial charge in [-0.2, -0.15) is 0 Å². The van der Waals surface area contributed by atoms with Crippen LogP contribution in [0, 0.1) is 0 Å². The molecule has 0 amide bonds. The van der Waals surface area contributed by atoms with E-state index in [4.69, 9.17) is 5.11 Å². The molecular formula is C10H16N2O. The first-order valence-electron chi connectivity index (χ1n) is 4.51. The van der Waals surface area contributed by atoms with Crippen LogP contribution in [0.5, 0.6) is 0 Å². The maximum Gasteiger partial charge on any atom is 0.0636 e. The van der Waals surface area contributed by atoms with E-state index in [0.717, 1.165) is 0 Å². The summed E-state index contributed by atoms with van der Waals surface area (Å²) >= 11 is 0. The zero-order valence-electron chi connectivity index (χ0n) is 8.07. The lowest BCUT2D eigenvalue weighted by Gasteiger charge is -2.14. The van der Waals surface area contributed by atoms with E-state index in [0.29, 0.717) is 6.54 Å². The average Bonchev–Trinajstić information content (AvgIpc) is 2.15. The van der Waals surface area contributed by atoms with Gasteiger partial charge in [-0.25, -0.2) is 0 Å². The number of hydrogen-bond acceptors (Lipinski definition) is 3. The lowest BCUT2D eigenvalue weighted by atomic mass is 10.1. The number of pyridine rings is 1. The molecule has 0 radical (unpaired) electrons. The van der Waals surface area contributed by atoms with E-state index in [-0.39, 0.29) is 12.1 Å². The van der Waals surface area contributed by atoms with Crippen molar-refractivity contribution in [2.45, 2.75) is 26.0 Å². The van der Waals surface area contributed by atoms with E-state index < -0.39 is 0 Å². The van der Waals surface area contributed by atoms with Gasteiger partial charge in [-0.05, 0) is 31.5 Å². The fourth-order valence-corrected chi connectivity index (χ4v) is 1.12. The second-order valence-electron chi connectivity index (χ2n) is 3.26. The molecule has 1 aromatic rings. The van der Waals surface area contributed by atoms with E-state index in [2.05, 4.69) is 17.2 Å². The molecule has 3 heteroatoms. The van der Waals surface area contributed by atoms with Crippen LogP contribution in [0.1, 0.15) is 25.5 Å². The van der Waals surface area contributed by atoms with Crippen LogP contribution in [0.3, 0.4) is 0 Å². The lowest BCUT2D eigenvalue weighted by molar-refractivity contribution is 0.187. The molecule has 0 saturated heterocycles. The van der Waals surface area contributed by atoms with Gasteiger partial charge in [-0.1, -0.05) is 0 Å². The van der Waals surface area contributed by atoms with Crippen molar-refractivity contribution in [1.82, 2.24) is 10.3 Å². The highest BCUT2D eigenvalue weighted by atomic mass is 16.3. The molecule has 0 aromatic carbocycles. The molecule has 0 bridgehead atoms. The highest BCUT2D eigenvalue weighted by Gasteiger charge is 2.04. The quantitative estimate of drug-likeness (QED) is 0.729. The van der Waals surface area contributed by atoms with Gasteiger partial charge in [-0.3, -0.25) is 4.98 Å². The molecule has 13 heavy (non-hydrogen) atoms. The minimum atomic E-state index is -0.302. The lowest BCUT2D eigenvalue weighted by Crippen LogP contribution is -2.27. The molecule has 0 aliphatic rings. The van der Waals surface area contributed by atoms with E-state index in [9.17, 15) is 0 Å². The molecule has 0 saturated carbocycles. The van der Waals surface area contributed by atoms with Gasteiger partial charge in [0.15, 0.2) is 0 Å². The monoisotopic (exact) mass is 180 g/mol. The number of nitrogens with one attached hydrogen (secondary N) is 1. The van der Waals surface area contributed by atoms with Crippen LogP contribution in [0.4, 0.5) is 0 Å². The summed E-state index contributed by atoms with van der Waals surface area (Å²) in [5.41, 5.74) is 1.19. The van der Waals surface area contributed by atoms with Gasteiger partial charge < -0.3 is 10.4 Å². The minimum Gasteiger partial charge on any atom is -0.392 e. The van der Waals surface area contributed by atoms with Crippen molar-refractivity contribution in [2.75, 3.05) is 6.54 Å². The van der Waals surface area contributed by atoms with Crippen molar-refractivity contribution in [1.29, 1.82) is 0 Å². The zero-order chi connectivity index (χ0) is 9.68. The summed E-state index contributed by atoms with van der Waals surface area (Å²) in [6.45, 7) is 4.45. The SMILES string of the molecule is CC(O)CN[C@H](C)c1ccncc1. The predicted molar refractivity (Wildman–Crippen MR) is 52.3 cm³/mol. The van der Waals surface area contributed by atoms with E-state index in [1.807, 2.05) is 12.1 Å². The molecule has 2 atom stereocenters. The van der Waals surface area contributed by atoms with Crippen molar-refractivity contribution >= 4 is 0 Å². The fourth-order valence-electron chi connectivity index (χ4n) is 1.12. The number of aromatic nitrogens is 1. The molecule has 1 aromatic heterocycles. The Morgan fingerprint density at radius 3 is 2.54 bits per heavy atom. The first-order valence-corrected chi connectivity index (χ1v) is 4.51. The Kier molecular flexibility index (Phi) is 3.86. The minimum absolute atomic E-state index is 0.262. The summed E-state index contributed by atoms with van der Waals surface area (Å²) in [5, 5.41) is 12.3. The Bertz CT molecular complexity index is 236. The molecule has 0 aliphatic carbocycles. The van der Waals surface area contributed by atoms with Crippen LogP contribution in [0.15, 0.2) is 24.5 Å². The van der Waals surface area contributed by atoms with Gasteiger partial charge in [0.25, 0.3) is 0 Å². The average molecular weight is 180 g/mol. The number of aliphatic hydroxyl groups excluding tert-OH is 1. The van der Waals surface area contributed by atoms with Crippen molar-refractivity contribution in [3.8, 4) is 0 Å². The Morgan fingerprint density at radius 2 is 2.00 bits per heavy atom. The van der Waals surface area contributed by atoms with Crippen molar-refractivity contribution < 1.29 is 5.11 Å². The van der Waals surface area contributed by atoms with Crippen molar-refractivity contribution in [3.63, 3.8) is 0 Å². The summed E-state index contributed by atoms with van der Waals surface area (Å²) in [4.78, 5) is 3.95. The molecule has 3 nitrogen and oxygen atoms in total. The number of rotatable bonds is 4. The van der Waals surface area contributed by atoms with Crippen molar-refractivity contribution in [2.24, 2.45) is 0 Å². The molecule has 0 fully saturated rings. The third kappa shape index (κ3) is 3.53. The summed E-state index contributed by atoms with van der Waals surface area (Å²) in [6.07, 6.45) is 3.25. The van der Waals surface area contributed by atoms with Crippen LogP contribution in [0.25, 0.3) is 0 Å². The molecule has 0 spiro atoms. The predicted octanol–water partition coefficient (Wildman–Crippen LogP) is 1.11. The smallest absolute Gasteiger partial charge is 0.0636 e. The van der Waals surface area contributed by atoms with Crippen molar-refractivity contribution in [3.05, 3.63) is 30.1 Å². The molecule has 2 N–H and O–H groups in total. The van der Waals surface area contributed by atoms with Crippen LogP contribution >= 0.6 is 0 Å². The largest absolute Gasteiger partial charge is 0.392 e. The van der Waals surface area contributed by atoms with Gasteiger partial charge >= 0.3 is 0 Å².